The van der Waals surface area contributed by atoms with E-state index in [0.29, 0.717) is 36.0 Å². The van der Waals surface area contributed by atoms with E-state index in [9.17, 15) is 14.9 Å². The van der Waals surface area contributed by atoms with Gasteiger partial charge >= 0.3 is 0 Å². The van der Waals surface area contributed by atoms with E-state index >= 15 is 0 Å². The van der Waals surface area contributed by atoms with Gasteiger partial charge in [-0.3, -0.25) is 14.9 Å². The van der Waals surface area contributed by atoms with Gasteiger partial charge in [-0.1, -0.05) is 11.6 Å². The van der Waals surface area contributed by atoms with Gasteiger partial charge in [0, 0.05) is 31.5 Å². The van der Waals surface area contributed by atoms with Crippen molar-refractivity contribution < 1.29 is 19.1 Å². The number of likely N-dealkylation sites (tertiary alicyclic amines) is 1. The zero-order chi connectivity index (χ0) is 20.8. The smallest absolute Gasteiger partial charge is 0.250 e. The highest BCUT2D eigenvalue weighted by molar-refractivity contribution is 6.32. The molecule has 2 heterocycles. The summed E-state index contributed by atoms with van der Waals surface area (Å²) in [6.07, 6.45) is 3.13. The zero-order valence-corrected chi connectivity index (χ0v) is 17.1. The van der Waals surface area contributed by atoms with Gasteiger partial charge in [0.05, 0.1) is 17.1 Å². The van der Waals surface area contributed by atoms with Crippen molar-refractivity contribution in [2.24, 2.45) is 0 Å². The fourth-order valence-corrected chi connectivity index (χ4v) is 3.89. The van der Waals surface area contributed by atoms with Gasteiger partial charge in [0.25, 0.3) is 0 Å². The first-order valence-electron chi connectivity index (χ1n) is 9.69. The first-order chi connectivity index (χ1) is 14.0. The third-order valence-electron chi connectivity index (χ3n) is 5.15. The summed E-state index contributed by atoms with van der Waals surface area (Å²) in [6, 6.07) is 6.63. The van der Waals surface area contributed by atoms with Crippen LogP contribution in [-0.2, 0) is 14.3 Å². The van der Waals surface area contributed by atoms with Gasteiger partial charge in [-0.15, -0.1) is 0 Å². The van der Waals surface area contributed by atoms with E-state index in [1.165, 1.54) is 7.11 Å². The van der Waals surface area contributed by atoms with Crippen LogP contribution in [0.25, 0.3) is 0 Å². The van der Waals surface area contributed by atoms with Gasteiger partial charge in [-0.05, 0) is 37.8 Å². The van der Waals surface area contributed by atoms with E-state index in [-0.39, 0.29) is 36.5 Å². The Balaban J connectivity index is 1.52. The standard InChI is InChI=1S/C20H25ClN4O4/c1-28-12-19(26)24-13-4-6-16(21)18(9-13)29-11-14-5-7-17(23-14)20(27)25-8-2-3-15(25)10-22/h4,6,9,14-15,17,23H,2-3,5,7-8,11-12H2,1H3,(H,24,26)/t14-,15+,17+/m1/s1. The number of hydrogen-bond acceptors (Lipinski definition) is 6. The molecule has 0 bridgehead atoms. The van der Waals surface area contributed by atoms with Gasteiger partial charge in [-0.25, -0.2) is 0 Å². The van der Waals surface area contributed by atoms with Crippen LogP contribution in [0.2, 0.25) is 5.02 Å². The molecule has 3 atom stereocenters. The van der Waals surface area contributed by atoms with Gasteiger partial charge in [-0.2, -0.15) is 5.26 Å². The molecule has 0 spiro atoms. The van der Waals surface area contributed by atoms with Crippen LogP contribution in [0.3, 0.4) is 0 Å². The number of ether oxygens (including phenoxy) is 2. The summed E-state index contributed by atoms with van der Waals surface area (Å²) in [4.78, 5) is 26.0. The fraction of sp³-hybridized carbons (Fsp3) is 0.550. The number of carbonyl (C=O) groups is 2. The molecule has 2 aliphatic heterocycles. The third-order valence-corrected chi connectivity index (χ3v) is 5.47. The number of anilines is 1. The number of nitrogens with one attached hydrogen (secondary N) is 2. The quantitative estimate of drug-likeness (QED) is 0.698. The molecule has 2 N–H and O–H groups in total. The summed E-state index contributed by atoms with van der Waals surface area (Å²) in [5.74, 6) is 0.192. The number of carbonyl (C=O) groups excluding carboxylic acids is 2. The first kappa shape index (κ1) is 21.4. The minimum Gasteiger partial charge on any atom is -0.490 e. The van der Waals surface area contributed by atoms with Crippen molar-refractivity contribution in [3.63, 3.8) is 0 Å². The molecule has 9 heteroatoms. The topological polar surface area (TPSA) is 104 Å². The minimum atomic E-state index is -0.311. The van der Waals surface area contributed by atoms with E-state index in [2.05, 4.69) is 16.7 Å². The van der Waals surface area contributed by atoms with Gasteiger partial charge in [0.1, 0.15) is 25.0 Å². The van der Waals surface area contributed by atoms with Gasteiger partial charge in [0.15, 0.2) is 0 Å². The maximum atomic E-state index is 12.7. The molecule has 2 aliphatic rings. The molecule has 29 heavy (non-hydrogen) atoms. The average molecular weight is 421 g/mol. The maximum absolute atomic E-state index is 12.7. The molecule has 1 aromatic rings. The van der Waals surface area contributed by atoms with Crippen molar-refractivity contribution in [1.29, 1.82) is 5.26 Å². The van der Waals surface area contributed by atoms with Crippen LogP contribution in [0.1, 0.15) is 25.7 Å². The monoisotopic (exact) mass is 420 g/mol. The van der Waals surface area contributed by atoms with Crippen LogP contribution >= 0.6 is 11.6 Å². The molecule has 8 nitrogen and oxygen atoms in total. The Morgan fingerprint density at radius 3 is 2.97 bits per heavy atom. The van der Waals surface area contributed by atoms with Gasteiger partial charge < -0.3 is 19.7 Å². The number of amides is 2. The number of halogens is 1. The van der Waals surface area contributed by atoms with Crippen LogP contribution in [0, 0.1) is 11.3 Å². The number of nitriles is 1. The lowest BCUT2D eigenvalue weighted by atomic mass is 10.1. The highest BCUT2D eigenvalue weighted by Crippen LogP contribution is 2.29. The second kappa shape index (κ2) is 9.92. The van der Waals surface area contributed by atoms with E-state index in [4.69, 9.17) is 21.1 Å². The molecule has 0 unspecified atom stereocenters. The molecular weight excluding hydrogens is 396 g/mol. The molecular formula is C20H25ClN4O4. The normalized spacial score (nSPS) is 23.6. The summed E-state index contributed by atoms with van der Waals surface area (Å²) in [6.45, 7) is 0.956. The largest absolute Gasteiger partial charge is 0.490 e. The number of hydrogen-bond donors (Lipinski definition) is 2. The predicted octanol–water partition coefficient (Wildman–Crippen LogP) is 1.94. The van der Waals surface area contributed by atoms with Crippen LogP contribution in [0.5, 0.6) is 5.75 Å². The van der Waals surface area contributed by atoms with Crippen molar-refractivity contribution in [3.05, 3.63) is 23.2 Å². The van der Waals surface area contributed by atoms with Crippen molar-refractivity contribution in [3.8, 4) is 11.8 Å². The van der Waals surface area contributed by atoms with Crippen LogP contribution < -0.4 is 15.4 Å². The third kappa shape index (κ3) is 5.38. The molecule has 3 rings (SSSR count). The van der Waals surface area contributed by atoms with E-state index in [1.807, 2.05) is 0 Å². The summed E-state index contributed by atoms with van der Waals surface area (Å²) < 4.78 is 10.6. The molecule has 2 fully saturated rings. The highest BCUT2D eigenvalue weighted by Gasteiger charge is 2.37. The van der Waals surface area contributed by atoms with Crippen LogP contribution in [0.4, 0.5) is 5.69 Å². The highest BCUT2D eigenvalue weighted by atomic mass is 35.5. The SMILES string of the molecule is COCC(=O)Nc1ccc(Cl)c(OC[C@H]2CC[C@@H](C(=O)N3CCC[C@H]3C#N)N2)c1. The predicted molar refractivity (Wildman–Crippen MR) is 108 cm³/mol. The number of methoxy groups -OCH3 is 1. The molecule has 156 valence electrons. The van der Waals surface area contributed by atoms with Crippen molar-refractivity contribution in [2.45, 2.75) is 43.8 Å². The Labute approximate surface area is 175 Å². The van der Waals surface area contributed by atoms with E-state index in [1.54, 1.807) is 23.1 Å². The number of rotatable bonds is 7. The second-order valence-corrected chi connectivity index (χ2v) is 7.66. The summed E-state index contributed by atoms with van der Waals surface area (Å²) >= 11 is 6.20. The van der Waals surface area contributed by atoms with Crippen molar-refractivity contribution in [1.82, 2.24) is 10.2 Å². The molecule has 0 saturated carbocycles. The molecule has 1 aromatic carbocycles. The Kier molecular flexibility index (Phi) is 7.31. The van der Waals surface area contributed by atoms with E-state index in [0.717, 1.165) is 19.3 Å². The van der Waals surface area contributed by atoms with Crippen LogP contribution in [-0.4, -0.2) is 61.7 Å². The second-order valence-electron chi connectivity index (χ2n) is 7.25. The van der Waals surface area contributed by atoms with E-state index < -0.39 is 0 Å². The molecule has 0 aromatic heterocycles. The summed E-state index contributed by atoms with van der Waals surface area (Å²) in [7, 11) is 1.45. The average Bonchev–Trinajstić information content (AvgIpc) is 3.37. The Morgan fingerprint density at radius 1 is 1.38 bits per heavy atom. The molecule has 0 radical (unpaired) electrons. The summed E-state index contributed by atoms with van der Waals surface area (Å²) in [5.41, 5.74) is 0.565. The van der Waals surface area contributed by atoms with Crippen molar-refractivity contribution >= 4 is 29.1 Å². The van der Waals surface area contributed by atoms with Gasteiger partial charge in [0.2, 0.25) is 11.8 Å². The Bertz CT molecular complexity index is 797. The first-order valence-corrected chi connectivity index (χ1v) is 10.1. The molecule has 2 saturated heterocycles. The Morgan fingerprint density at radius 2 is 2.21 bits per heavy atom. The van der Waals surface area contributed by atoms with Crippen LogP contribution in [0.15, 0.2) is 18.2 Å². The number of nitrogens with zero attached hydrogens (tertiary/aromatic N) is 2. The van der Waals surface area contributed by atoms with Crippen molar-refractivity contribution in [2.75, 3.05) is 32.2 Å². The minimum absolute atomic E-state index is 0.00237. The lowest BCUT2D eigenvalue weighted by Crippen LogP contribution is -2.47. The number of benzene rings is 1. The lowest BCUT2D eigenvalue weighted by Gasteiger charge is -2.24. The fourth-order valence-electron chi connectivity index (χ4n) is 3.72. The maximum Gasteiger partial charge on any atom is 0.250 e. The molecule has 2 amide bonds. The zero-order valence-electron chi connectivity index (χ0n) is 16.3. The summed E-state index contributed by atoms with van der Waals surface area (Å²) in [5, 5.41) is 15.6. The lowest BCUT2D eigenvalue weighted by molar-refractivity contribution is -0.133. The Hall–Kier alpha value is -2.34. The molecule has 0 aliphatic carbocycles.